The van der Waals surface area contributed by atoms with Crippen LogP contribution in [0.4, 0.5) is 4.39 Å². The number of aromatic nitrogens is 4. The molecule has 3 aromatic rings. The van der Waals surface area contributed by atoms with Gasteiger partial charge in [-0.3, -0.25) is 5.10 Å². The molecule has 0 unspecified atom stereocenters. The lowest BCUT2D eigenvalue weighted by Crippen LogP contribution is -2.71. The molecule has 0 spiro atoms. The number of hydrogen-bond acceptors (Lipinski definition) is 6. The van der Waals surface area contributed by atoms with Gasteiger partial charge < -0.3 is 15.2 Å². The first kappa shape index (κ1) is 19.9. The minimum Gasteiger partial charge on any atom is -0.507 e. The predicted octanol–water partition coefficient (Wildman–Crippen LogP) is 4.02. The summed E-state index contributed by atoms with van der Waals surface area (Å²) < 4.78 is 21.2. The molecule has 0 radical (unpaired) electrons. The number of alkyl halides is 1. The van der Waals surface area contributed by atoms with Gasteiger partial charge in [0.05, 0.1) is 29.8 Å². The monoisotopic (exact) mass is 423 g/mol. The Labute approximate surface area is 180 Å². The van der Waals surface area contributed by atoms with Gasteiger partial charge in [-0.25, -0.2) is 14.4 Å². The van der Waals surface area contributed by atoms with Gasteiger partial charge >= 0.3 is 0 Å². The van der Waals surface area contributed by atoms with Gasteiger partial charge in [-0.1, -0.05) is 6.07 Å². The number of benzene rings is 1. The lowest BCUT2D eigenvalue weighted by atomic mass is 9.69. The molecule has 3 N–H and O–H groups in total. The molecule has 0 aliphatic carbocycles. The molecule has 0 amide bonds. The van der Waals surface area contributed by atoms with E-state index in [1.165, 1.54) is 6.20 Å². The summed E-state index contributed by atoms with van der Waals surface area (Å²) in [5.74, 6) is 0.385. The molecule has 0 saturated carbocycles. The van der Waals surface area contributed by atoms with Gasteiger partial charge in [-0.05, 0) is 50.8 Å². The van der Waals surface area contributed by atoms with Crippen molar-refractivity contribution in [2.24, 2.45) is 0 Å². The highest BCUT2D eigenvalue weighted by Crippen LogP contribution is 2.42. The Morgan fingerprint density at radius 1 is 1.13 bits per heavy atom. The van der Waals surface area contributed by atoms with Crippen LogP contribution in [0.5, 0.6) is 11.6 Å². The number of nitrogens with one attached hydrogen (secondary N) is 2. The number of fused-ring (bicyclic) bond motifs is 2. The molecule has 2 saturated heterocycles. The third kappa shape index (κ3) is 3.65. The van der Waals surface area contributed by atoms with Gasteiger partial charge in [0.25, 0.3) is 0 Å². The van der Waals surface area contributed by atoms with E-state index >= 15 is 4.39 Å². The minimum atomic E-state index is -1.12. The lowest BCUT2D eigenvalue weighted by Gasteiger charge is -2.54. The molecule has 31 heavy (non-hydrogen) atoms. The number of aromatic hydroxyl groups is 1. The highest BCUT2D eigenvalue weighted by atomic mass is 19.1. The van der Waals surface area contributed by atoms with Crippen LogP contribution in [0.3, 0.4) is 0 Å². The fraction of sp³-hybridized carbons (Fsp3) is 0.435. The van der Waals surface area contributed by atoms with Crippen molar-refractivity contribution in [3.8, 4) is 34.0 Å². The van der Waals surface area contributed by atoms with Crippen LogP contribution < -0.4 is 10.1 Å². The normalized spacial score (nSPS) is 30.2. The summed E-state index contributed by atoms with van der Waals surface area (Å²) in [6, 6.07) is 5.33. The maximum Gasteiger partial charge on any atom is 0.232 e. The molecule has 7 nitrogen and oxygen atoms in total. The molecule has 4 heterocycles. The zero-order valence-electron chi connectivity index (χ0n) is 17.6. The number of rotatable bonds is 4. The van der Waals surface area contributed by atoms with Gasteiger partial charge in [0.2, 0.25) is 5.88 Å². The number of phenols is 1. The second-order valence-corrected chi connectivity index (χ2v) is 9.18. The third-order valence-corrected chi connectivity index (χ3v) is 6.60. The number of hydrogen-bond donors (Lipinski definition) is 3. The summed E-state index contributed by atoms with van der Waals surface area (Å²) in [4.78, 5) is 8.73. The van der Waals surface area contributed by atoms with Crippen LogP contribution in [-0.2, 0) is 0 Å². The Morgan fingerprint density at radius 3 is 2.71 bits per heavy atom. The van der Waals surface area contributed by atoms with Gasteiger partial charge in [-0.15, -0.1) is 0 Å². The molecule has 2 aromatic heterocycles. The van der Waals surface area contributed by atoms with Crippen molar-refractivity contribution in [2.75, 3.05) is 0 Å². The van der Waals surface area contributed by atoms with E-state index < -0.39 is 17.8 Å². The number of phenolic OH excluding ortho intramolecular Hbond substituents is 1. The Balaban J connectivity index is 1.34. The molecule has 162 valence electrons. The lowest BCUT2D eigenvalue weighted by molar-refractivity contribution is -0.0625. The van der Waals surface area contributed by atoms with E-state index in [0.717, 1.165) is 30.4 Å². The molecule has 1 aromatic carbocycles. The molecular weight excluding hydrogens is 397 g/mol. The number of halogens is 1. The highest BCUT2D eigenvalue weighted by molar-refractivity contribution is 5.73. The number of aromatic amines is 1. The summed E-state index contributed by atoms with van der Waals surface area (Å²) in [6.07, 6.45) is 8.20. The topological polar surface area (TPSA) is 96.0 Å². The van der Waals surface area contributed by atoms with Gasteiger partial charge in [0.15, 0.2) is 6.17 Å². The first-order chi connectivity index (χ1) is 14.9. The fourth-order valence-corrected chi connectivity index (χ4v) is 5.09. The zero-order valence-corrected chi connectivity index (χ0v) is 17.6. The van der Waals surface area contributed by atoms with Crippen LogP contribution >= 0.6 is 0 Å². The second kappa shape index (κ2) is 7.30. The summed E-state index contributed by atoms with van der Waals surface area (Å²) >= 11 is 0. The molecule has 2 fully saturated rings. The quantitative estimate of drug-likeness (QED) is 0.587. The van der Waals surface area contributed by atoms with Crippen molar-refractivity contribution in [1.29, 1.82) is 0 Å². The van der Waals surface area contributed by atoms with E-state index in [1.807, 2.05) is 13.0 Å². The summed E-state index contributed by atoms with van der Waals surface area (Å²) in [5.41, 5.74) is 2.09. The maximum absolute atomic E-state index is 15.2. The molecule has 8 heteroatoms. The minimum absolute atomic E-state index is 0.0949. The van der Waals surface area contributed by atoms with Crippen molar-refractivity contribution in [3.05, 3.63) is 43.0 Å². The Morgan fingerprint density at radius 2 is 2.00 bits per heavy atom. The van der Waals surface area contributed by atoms with Crippen LogP contribution in [0.2, 0.25) is 0 Å². The van der Waals surface area contributed by atoms with E-state index in [-0.39, 0.29) is 17.2 Å². The highest BCUT2D eigenvalue weighted by Gasteiger charge is 2.53. The Kier molecular flexibility index (Phi) is 4.69. The molecule has 2 aliphatic heterocycles. The summed E-state index contributed by atoms with van der Waals surface area (Å²) in [7, 11) is 0. The van der Waals surface area contributed by atoms with E-state index in [1.54, 1.807) is 30.7 Å². The molecular formula is C23H26FN5O2. The predicted molar refractivity (Wildman–Crippen MR) is 114 cm³/mol. The van der Waals surface area contributed by atoms with Gasteiger partial charge in [0, 0.05) is 29.3 Å². The Bertz CT molecular complexity index is 1070. The van der Waals surface area contributed by atoms with Crippen molar-refractivity contribution in [2.45, 2.75) is 62.9 Å². The molecule has 2 bridgehead atoms. The zero-order chi connectivity index (χ0) is 21.6. The van der Waals surface area contributed by atoms with E-state index in [0.29, 0.717) is 17.7 Å². The van der Waals surface area contributed by atoms with E-state index in [2.05, 4.69) is 32.4 Å². The summed E-state index contributed by atoms with van der Waals surface area (Å²) in [6.45, 7) is 4.08. The van der Waals surface area contributed by atoms with E-state index in [4.69, 9.17) is 4.74 Å². The van der Waals surface area contributed by atoms with Crippen molar-refractivity contribution >= 4 is 0 Å². The largest absolute Gasteiger partial charge is 0.507 e. The molecule has 2 aliphatic rings. The van der Waals surface area contributed by atoms with Crippen LogP contribution in [0, 0.1) is 0 Å². The SMILES string of the molecule is C[C@]12CCC[C@](C)(N1)[C@H](F)[C@H](Oc1cnc(-c3ccc(-c4cn[nH]c4)cc3O)cn1)C2. The van der Waals surface area contributed by atoms with Gasteiger partial charge in [-0.2, -0.15) is 5.10 Å². The third-order valence-electron chi connectivity index (χ3n) is 6.60. The molecule has 4 atom stereocenters. The summed E-state index contributed by atoms with van der Waals surface area (Å²) in [5, 5.41) is 20.6. The number of nitrogens with zero attached hydrogens (tertiary/aromatic N) is 3. The van der Waals surface area contributed by atoms with Crippen LogP contribution in [-0.4, -0.2) is 48.6 Å². The molecule has 5 rings (SSSR count). The van der Waals surface area contributed by atoms with Crippen LogP contribution in [0.15, 0.2) is 43.0 Å². The van der Waals surface area contributed by atoms with Crippen LogP contribution in [0.25, 0.3) is 22.4 Å². The standard InChI is InChI=1S/C23H26FN5O2/c1-22-6-3-7-23(2,29-22)21(24)19(9-22)31-20-13-25-17(12-26-20)16-5-4-14(8-18(16)30)15-10-27-28-11-15/h4-5,8,10-13,19,21,29-30H,3,6-7,9H2,1-2H3,(H,27,28)/t19-,21-,22-,23+/m1/s1. The fourth-order valence-electron chi connectivity index (χ4n) is 5.09. The van der Waals surface area contributed by atoms with Gasteiger partial charge in [0.1, 0.15) is 11.9 Å². The Hall–Kier alpha value is -3.00. The smallest absolute Gasteiger partial charge is 0.232 e. The van der Waals surface area contributed by atoms with Crippen molar-refractivity contribution < 1.29 is 14.2 Å². The number of ether oxygens (including phenoxy) is 1. The number of piperidine rings is 2. The average molecular weight is 423 g/mol. The van der Waals surface area contributed by atoms with E-state index in [9.17, 15) is 5.11 Å². The average Bonchev–Trinajstić information content (AvgIpc) is 3.27. The first-order valence-corrected chi connectivity index (χ1v) is 10.6. The second-order valence-electron chi connectivity index (χ2n) is 9.18. The number of H-pyrrole nitrogens is 1. The van der Waals surface area contributed by atoms with Crippen LogP contribution in [0.1, 0.15) is 39.5 Å². The maximum atomic E-state index is 15.2. The van der Waals surface area contributed by atoms with Crippen molar-refractivity contribution in [3.63, 3.8) is 0 Å². The van der Waals surface area contributed by atoms with Crippen molar-refractivity contribution in [1.82, 2.24) is 25.5 Å². The first-order valence-electron chi connectivity index (χ1n) is 10.6.